The third-order valence-electron chi connectivity index (χ3n) is 2.68. The van der Waals surface area contributed by atoms with Crippen molar-refractivity contribution in [3.05, 3.63) is 23.8 Å². The zero-order valence-electron chi connectivity index (χ0n) is 12.2. The molecule has 6 nitrogen and oxygen atoms in total. The molecule has 0 aliphatic heterocycles. The number of ether oxygens (including phenoxy) is 3. The molecule has 112 valence electrons. The fourth-order valence-corrected chi connectivity index (χ4v) is 1.60. The van der Waals surface area contributed by atoms with Crippen molar-refractivity contribution in [2.75, 3.05) is 47.6 Å². The van der Waals surface area contributed by atoms with Gasteiger partial charge >= 0.3 is 0 Å². The van der Waals surface area contributed by atoms with Gasteiger partial charge in [-0.05, 0) is 12.1 Å². The molecule has 0 radical (unpaired) electrons. The van der Waals surface area contributed by atoms with E-state index in [4.69, 9.17) is 14.2 Å². The smallest absolute Gasteiger partial charge is 0.251 e. The predicted molar refractivity (Wildman–Crippen MR) is 76.6 cm³/mol. The van der Waals surface area contributed by atoms with Gasteiger partial charge in [0.2, 0.25) is 0 Å². The lowest BCUT2D eigenvalue weighted by Gasteiger charge is -2.09. The Kier molecular flexibility index (Phi) is 7.46. The summed E-state index contributed by atoms with van der Waals surface area (Å²) in [6.07, 6.45) is 0. The number of hydrogen-bond acceptors (Lipinski definition) is 5. The highest BCUT2D eigenvalue weighted by atomic mass is 16.5. The van der Waals surface area contributed by atoms with Gasteiger partial charge in [-0.1, -0.05) is 0 Å². The molecule has 1 rings (SSSR count). The molecule has 0 aliphatic rings. The van der Waals surface area contributed by atoms with E-state index in [-0.39, 0.29) is 5.91 Å². The average molecular weight is 282 g/mol. The number of carbonyl (C=O) groups excluding carboxylic acids is 1. The van der Waals surface area contributed by atoms with E-state index in [1.54, 1.807) is 39.5 Å². The maximum Gasteiger partial charge on any atom is 0.251 e. The van der Waals surface area contributed by atoms with Gasteiger partial charge in [0, 0.05) is 38.4 Å². The van der Waals surface area contributed by atoms with Crippen LogP contribution in [0.25, 0.3) is 0 Å². The first kappa shape index (κ1) is 16.3. The molecule has 0 heterocycles. The monoisotopic (exact) mass is 282 g/mol. The van der Waals surface area contributed by atoms with Crippen LogP contribution in [0.15, 0.2) is 18.2 Å². The predicted octanol–water partition coefficient (Wildman–Crippen LogP) is 0.670. The molecule has 0 bridgehead atoms. The van der Waals surface area contributed by atoms with E-state index >= 15 is 0 Å². The number of methoxy groups -OCH3 is 3. The Hall–Kier alpha value is -1.79. The largest absolute Gasteiger partial charge is 0.497 e. The maximum absolute atomic E-state index is 12.0. The number of amides is 1. The number of rotatable bonds is 9. The van der Waals surface area contributed by atoms with Gasteiger partial charge in [-0.15, -0.1) is 0 Å². The van der Waals surface area contributed by atoms with Crippen molar-refractivity contribution in [3.8, 4) is 11.5 Å². The van der Waals surface area contributed by atoms with Gasteiger partial charge < -0.3 is 24.8 Å². The van der Waals surface area contributed by atoms with Crippen LogP contribution in [-0.4, -0.2) is 53.5 Å². The summed E-state index contributed by atoms with van der Waals surface area (Å²) in [6, 6.07) is 5.08. The van der Waals surface area contributed by atoms with Gasteiger partial charge in [0.1, 0.15) is 11.5 Å². The van der Waals surface area contributed by atoms with Crippen molar-refractivity contribution in [3.63, 3.8) is 0 Å². The van der Waals surface area contributed by atoms with Gasteiger partial charge in [0.25, 0.3) is 5.91 Å². The first-order valence-electron chi connectivity index (χ1n) is 6.42. The summed E-state index contributed by atoms with van der Waals surface area (Å²) in [5, 5.41) is 5.97. The Morgan fingerprint density at radius 1 is 1.00 bits per heavy atom. The summed E-state index contributed by atoms with van der Waals surface area (Å²) in [6.45, 7) is 2.65. The Balaban J connectivity index is 2.46. The molecule has 0 spiro atoms. The van der Waals surface area contributed by atoms with Crippen molar-refractivity contribution in [1.29, 1.82) is 0 Å². The van der Waals surface area contributed by atoms with Crippen LogP contribution in [-0.2, 0) is 4.74 Å². The van der Waals surface area contributed by atoms with Gasteiger partial charge in [-0.25, -0.2) is 0 Å². The van der Waals surface area contributed by atoms with Crippen molar-refractivity contribution in [2.24, 2.45) is 0 Å². The Bertz CT molecular complexity index is 401. The summed E-state index contributed by atoms with van der Waals surface area (Å²) < 4.78 is 15.2. The van der Waals surface area contributed by atoms with E-state index in [0.717, 1.165) is 6.54 Å². The highest BCUT2D eigenvalue weighted by Gasteiger charge is 2.09. The minimum absolute atomic E-state index is 0.157. The maximum atomic E-state index is 12.0. The van der Waals surface area contributed by atoms with Crippen LogP contribution in [0, 0.1) is 0 Å². The highest BCUT2D eigenvalue weighted by Crippen LogP contribution is 2.22. The van der Waals surface area contributed by atoms with Gasteiger partial charge in [-0.3, -0.25) is 4.79 Å². The molecule has 20 heavy (non-hydrogen) atoms. The molecule has 0 aromatic heterocycles. The molecular formula is C14H22N2O4. The Morgan fingerprint density at radius 3 is 2.20 bits per heavy atom. The van der Waals surface area contributed by atoms with Crippen LogP contribution < -0.4 is 20.1 Å². The van der Waals surface area contributed by atoms with Crippen LogP contribution >= 0.6 is 0 Å². The third kappa shape index (κ3) is 5.46. The van der Waals surface area contributed by atoms with Crippen molar-refractivity contribution in [2.45, 2.75) is 0 Å². The van der Waals surface area contributed by atoms with E-state index in [1.807, 2.05) is 0 Å². The van der Waals surface area contributed by atoms with Crippen molar-refractivity contribution in [1.82, 2.24) is 10.6 Å². The lowest BCUT2D eigenvalue weighted by molar-refractivity contribution is 0.0953. The summed E-state index contributed by atoms with van der Waals surface area (Å²) in [7, 11) is 4.76. The molecule has 0 fully saturated rings. The minimum atomic E-state index is -0.157. The van der Waals surface area contributed by atoms with Crippen LogP contribution in [0.4, 0.5) is 0 Å². The molecular weight excluding hydrogens is 260 g/mol. The molecule has 2 N–H and O–H groups in total. The molecule has 0 saturated carbocycles. The molecule has 1 aromatic carbocycles. The van der Waals surface area contributed by atoms with Crippen LogP contribution in [0.5, 0.6) is 11.5 Å². The van der Waals surface area contributed by atoms with Crippen molar-refractivity contribution < 1.29 is 19.0 Å². The third-order valence-corrected chi connectivity index (χ3v) is 2.68. The second-order valence-corrected chi connectivity index (χ2v) is 4.10. The Morgan fingerprint density at radius 2 is 1.65 bits per heavy atom. The first-order valence-corrected chi connectivity index (χ1v) is 6.42. The lowest BCUT2D eigenvalue weighted by Crippen LogP contribution is -2.33. The summed E-state index contributed by atoms with van der Waals surface area (Å²) in [5.41, 5.74) is 0.512. The molecule has 1 amide bonds. The minimum Gasteiger partial charge on any atom is -0.497 e. The topological polar surface area (TPSA) is 68.8 Å². The van der Waals surface area contributed by atoms with Gasteiger partial charge in [0.05, 0.1) is 20.8 Å². The average Bonchev–Trinajstić information content (AvgIpc) is 2.49. The van der Waals surface area contributed by atoms with E-state index in [9.17, 15) is 4.79 Å². The van der Waals surface area contributed by atoms with Gasteiger partial charge in [-0.2, -0.15) is 0 Å². The number of hydrogen-bond donors (Lipinski definition) is 2. The van der Waals surface area contributed by atoms with E-state index in [1.165, 1.54) is 0 Å². The van der Waals surface area contributed by atoms with Crippen molar-refractivity contribution >= 4 is 5.91 Å². The number of nitrogens with one attached hydrogen (secondary N) is 2. The second-order valence-electron chi connectivity index (χ2n) is 4.10. The molecule has 0 saturated heterocycles. The van der Waals surface area contributed by atoms with E-state index in [2.05, 4.69) is 10.6 Å². The standard InChI is InChI=1S/C14H22N2O4/c1-18-7-6-15-4-5-16-14(17)11-8-12(19-2)10-13(9-11)20-3/h8-10,15H,4-7H2,1-3H3,(H,16,17). The zero-order chi connectivity index (χ0) is 14.8. The highest BCUT2D eigenvalue weighted by molar-refractivity contribution is 5.95. The molecule has 6 heteroatoms. The number of benzene rings is 1. The molecule has 0 atom stereocenters. The van der Waals surface area contributed by atoms with E-state index < -0.39 is 0 Å². The summed E-state index contributed by atoms with van der Waals surface area (Å²) >= 11 is 0. The summed E-state index contributed by atoms with van der Waals surface area (Å²) in [5.74, 6) is 1.02. The SMILES string of the molecule is COCCNCCNC(=O)c1cc(OC)cc(OC)c1. The number of carbonyl (C=O) groups is 1. The van der Waals surface area contributed by atoms with Crippen LogP contribution in [0.2, 0.25) is 0 Å². The van der Waals surface area contributed by atoms with E-state index in [0.29, 0.717) is 36.8 Å². The Labute approximate surface area is 119 Å². The lowest BCUT2D eigenvalue weighted by atomic mass is 10.2. The second kappa shape index (κ2) is 9.17. The quantitative estimate of drug-likeness (QED) is 0.652. The summed E-state index contributed by atoms with van der Waals surface area (Å²) in [4.78, 5) is 12.0. The fourth-order valence-electron chi connectivity index (χ4n) is 1.60. The van der Waals surface area contributed by atoms with Crippen LogP contribution in [0.1, 0.15) is 10.4 Å². The normalized spacial score (nSPS) is 10.2. The first-order chi connectivity index (χ1) is 9.71. The zero-order valence-corrected chi connectivity index (χ0v) is 12.2. The van der Waals surface area contributed by atoms with Gasteiger partial charge in [0.15, 0.2) is 0 Å². The fraction of sp³-hybridized carbons (Fsp3) is 0.500. The van der Waals surface area contributed by atoms with Crippen LogP contribution in [0.3, 0.4) is 0 Å². The molecule has 1 aromatic rings. The molecule has 0 aliphatic carbocycles. The molecule has 0 unspecified atom stereocenters.